The van der Waals surface area contributed by atoms with Gasteiger partial charge in [0.15, 0.2) is 0 Å². The van der Waals surface area contributed by atoms with Crippen molar-refractivity contribution in [3.8, 4) is 0 Å². The highest BCUT2D eigenvalue weighted by molar-refractivity contribution is 5.91. The average molecular weight is 405 g/mol. The van der Waals surface area contributed by atoms with Gasteiger partial charge in [-0.3, -0.25) is 13.9 Å². The minimum absolute atomic E-state index is 0. The number of nitrogens with one attached hydrogen (secondary N) is 2. The Balaban J connectivity index is 0.00000225. The van der Waals surface area contributed by atoms with Crippen LogP contribution in [-0.4, -0.2) is 21.6 Å². The molecule has 2 N–H and O–H groups in total. The van der Waals surface area contributed by atoms with Crippen LogP contribution in [0.25, 0.3) is 11.0 Å². The molecular weight excluding hydrogens is 383 g/mol. The highest BCUT2D eigenvalue weighted by Crippen LogP contribution is 2.24. The molecule has 6 nitrogen and oxygen atoms in total. The number of carbonyl (C=O) groups is 1. The van der Waals surface area contributed by atoms with Crippen molar-refractivity contribution in [1.82, 2.24) is 14.5 Å². The van der Waals surface area contributed by atoms with E-state index in [1.807, 2.05) is 30.3 Å². The number of aryl methyl sites for hydroxylation is 2. The van der Waals surface area contributed by atoms with E-state index in [2.05, 4.69) is 10.6 Å². The van der Waals surface area contributed by atoms with Crippen LogP contribution in [0.1, 0.15) is 17.5 Å². The number of rotatable bonds is 4. The lowest BCUT2D eigenvalue weighted by Gasteiger charge is -2.19. The zero-order valence-electron chi connectivity index (χ0n) is 15.5. The maximum absolute atomic E-state index is 14.7. The fourth-order valence-electron chi connectivity index (χ4n) is 3.64. The minimum Gasteiger partial charge on any atom is -0.324 e. The topological polar surface area (TPSA) is 68.1 Å². The lowest BCUT2D eigenvalue weighted by atomic mass is 9.99. The summed E-state index contributed by atoms with van der Waals surface area (Å²) in [5, 5.41) is 5.85. The molecule has 0 unspecified atom stereocenters. The first-order valence-corrected chi connectivity index (χ1v) is 9.01. The van der Waals surface area contributed by atoms with Gasteiger partial charge in [-0.15, -0.1) is 12.4 Å². The third-order valence-electron chi connectivity index (χ3n) is 5.10. The average Bonchev–Trinajstić information content (AvgIpc) is 2.93. The maximum atomic E-state index is 14.7. The van der Waals surface area contributed by atoms with Crippen LogP contribution >= 0.6 is 12.4 Å². The summed E-state index contributed by atoms with van der Waals surface area (Å²) in [5.41, 5.74) is 3.22. The summed E-state index contributed by atoms with van der Waals surface area (Å²) in [4.78, 5) is 24.7. The summed E-state index contributed by atoms with van der Waals surface area (Å²) in [5.74, 6) is -0.674. The fraction of sp³-hybridized carbons (Fsp3) is 0.300. The van der Waals surface area contributed by atoms with Crippen molar-refractivity contribution in [2.45, 2.75) is 25.9 Å². The predicted molar refractivity (Wildman–Crippen MR) is 109 cm³/mol. The van der Waals surface area contributed by atoms with Gasteiger partial charge in [0.2, 0.25) is 5.91 Å². The summed E-state index contributed by atoms with van der Waals surface area (Å²) >= 11 is 0. The van der Waals surface area contributed by atoms with Gasteiger partial charge < -0.3 is 10.6 Å². The molecule has 148 valence electrons. The molecule has 3 aromatic rings. The molecule has 2 aromatic carbocycles. The standard InChI is InChI=1S/C20H21FN4O2.ClH/c1-24-16-4-2-3-5-17(16)25(20(24)27)11-9-18(26)23-15-7-6-13-12-22-10-8-14(13)19(15)21;/h2-7,22H,8-12H2,1H3,(H,23,26);1H. The Morgan fingerprint density at radius 2 is 1.96 bits per heavy atom. The second-order valence-electron chi connectivity index (χ2n) is 6.77. The molecule has 0 saturated heterocycles. The Morgan fingerprint density at radius 3 is 2.75 bits per heavy atom. The van der Waals surface area contributed by atoms with E-state index in [4.69, 9.17) is 0 Å². The third-order valence-corrected chi connectivity index (χ3v) is 5.10. The van der Waals surface area contributed by atoms with Gasteiger partial charge in [0.1, 0.15) is 5.82 Å². The van der Waals surface area contributed by atoms with Crippen LogP contribution in [0, 0.1) is 5.82 Å². The maximum Gasteiger partial charge on any atom is 0.328 e. The molecule has 8 heteroatoms. The SMILES string of the molecule is Cl.Cn1c(=O)n(CCC(=O)Nc2ccc3c(c2F)CCNC3)c2ccccc21. The van der Waals surface area contributed by atoms with Crippen molar-refractivity contribution in [2.75, 3.05) is 11.9 Å². The first-order valence-electron chi connectivity index (χ1n) is 9.01. The molecule has 2 heterocycles. The van der Waals surface area contributed by atoms with E-state index in [-0.39, 0.29) is 48.5 Å². The van der Waals surface area contributed by atoms with Gasteiger partial charge in [-0.2, -0.15) is 0 Å². The van der Waals surface area contributed by atoms with E-state index in [0.717, 1.165) is 23.1 Å². The number of fused-ring (bicyclic) bond motifs is 2. The summed E-state index contributed by atoms with van der Waals surface area (Å²) in [6.45, 7) is 1.61. The van der Waals surface area contributed by atoms with Crippen molar-refractivity contribution < 1.29 is 9.18 Å². The van der Waals surface area contributed by atoms with Crippen LogP contribution in [0.5, 0.6) is 0 Å². The zero-order valence-corrected chi connectivity index (χ0v) is 16.3. The second-order valence-corrected chi connectivity index (χ2v) is 6.77. The fourth-order valence-corrected chi connectivity index (χ4v) is 3.64. The van der Waals surface area contributed by atoms with Gasteiger partial charge in [-0.05, 0) is 42.3 Å². The first kappa shape index (κ1) is 20.1. The number of benzene rings is 2. The lowest BCUT2D eigenvalue weighted by Crippen LogP contribution is -2.26. The number of hydrogen-bond donors (Lipinski definition) is 2. The van der Waals surface area contributed by atoms with Crippen molar-refractivity contribution in [3.63, 3.8) is 0 Å². The number of anilines is 1. The van der Waals surface area contributed by atoms with Gasteiger partial charge in [-0.1, -0.05) is 18.2 Å². The molecule has 1 amide bonds. The number of nitrogens with zero attached hydrogens (tertiary/aromatic N) is 2. The van der Waals surface area contributed by atoms with Crippen molar-refractivity contribution >= 4 is 35.0 Å². The smallest absolute Gasteiger partial charge is 0.324 e. The highest BCUT2D eigenvalue weighted by atomic mass is 35.5. The monoisotopic (exact) mass is 404 g/mol. The largest absolute Gasteiger partial charge is 0.328 e. The predicted octanol–water partition coefficient (Wildman–Crippen LogP) is 2.58. The molecule has 0 bridgehead atoms. The van der Waals surface area contributed by atoms with E-state index in [1.54, 1.807) is 22.2 Å². The number of para-hydroxylation sites is 2. The van der Waals surface area contributed by atoms with Crippen molar-refractivity contribution in [3.05, 3.63) is 63.8 Å². The number of halogens is 2. The molecule has 1 aromatic heterocycles. The summed E-state index contributed by atoms with van der Waals surface area (Å²) in [6, 6.07) is 10.9. The zero-order chi connectivity index (χ0) is 19.0. The van der Waals surface area contributed by atoms with Gasteiger partial charge in [0, 0.05) is 26.6 Å². The van der Waals surface area contributed by atoms with Crippen molar-refractivity contribution in [2.24, 2.45) is 7.05 Å². The number of hydrogen-bond acceptors (Lipinski definition) is 3. The molecule has 0 saturated carbocycles. The van der Waals surface area contributed by atoms with Crippen LogP contribution < -0.4 is 16.3 Å². The minimum atomic E-state index is -0.357. The molecule has 1 aliphatic heterocycles. The number of aromatic nitrogens is 2. The molecule has 0 atom stereocenters. The van der Waals surface area contributed by atoms with Crippen LogP contribution in [0.2, 0.25) is 0 Å². The molecule has 0 spiro atoms. The van der Waals surface area contributed by atoms with Crippen LogP contribution in [0.3, 0.4) is 0 Å². The summed E-state index contributed by atoms with van der Waals surface area (Å²) < 4.78 is 17.8. The van der Waals surface area contributed by atoms with Gasteiger partial charge in [-0.25, -0.2) is 9.18 Å². The number of carbonyl (C=O) groups excluding carboxylic acids is 1. The summed E-state index contributed by atoms with van der Waals surface area (Å²) in [6.07, 6.45) is 0.697. The molecule has 28 heavy (non-hydrogen) atoms. The highest BCUT2D eigenvalue weighted by Gasteiger charge is 2.18. The summed E-state index contributed by atoms with van der Waals surface area (Å²) in [7, 11) is 1.71. The Labute approximate surface area is 167 Å². The van der Waals surface area contributed by atoms with Gasteiger partial charge >= 0.3 is 5.69 Å². The van der Waals surface area contributed by atoms with Crippen LogP contribution in [-0.2, 0) is 31.4 Å². The Bertz CT molecular complexity index is 1090. The molecule has 0 fully saturated rings. The molecule has 4 rings (SSSR count). The molecule has 0 aliphatic carbocycles. The number of amides is 1. The van der Waals surface area contributed by atoms with E-state index in [0.29, 0.717) is 18.5 Å². The van der Waals surface area contributed by atoms with Gasteiger partial charge in [0.25, 0.3) is 0 Å². The van der Waals surface area contributed by atoms with E-state index in [1.165, 1.54) is 0 Å². The van der Waals surface area contributed by atoms with E-state index in [9.17, 15) is 14.0 Å². The number of imidazole rings is 1. The van der Waals surface area contributed by atoms with Gasteiger partial charge in [0.05, 0.1) is 16.7 Å². The van der Waals surface area contributed by atoms with Crippen LogP contribution in [0.4, 0.5) is 10.1 Å². The Kier molecular flexibility index (Phi) is 5.86. The van der Waals surface area contributed by atoms with E-state index < -0.39 is 0 Å². The molecular formula is C20H22ClFN4O2. The van der Waals surface area contributed by atoms with Crippen LogP contribution in [0.15, 0.2) is 41.2 Å². The van der Waals surface area contributed by atoms with Crippen molar-refractivity contribution in [1.29, 1.82) is 0 Å². The lowest BCUT2D eigenvalue weighted by molar-refractivity contribution is -0.116. The first-order chi connectivity index (χ1) is 13.1. The normalized spacial score (nSPS) is 13.1. The quantitative estimate of drug-likeness (QED) is 0.702. The van der Waals surface area contributed by atoms with E-state index >= 15 is 0 Å². The molecule has 0 radical (unpaired) electrons. The third kappa shape index (κ3) is 3.55. The second kappa shape index (κ2) is 8.16. The Hall–Kier alpha value is -2.64. The Morgan fingerprint density at radius 1 is 1.21 bits per heavy atom. The molecule has 1 aliphatic rings.